The Morgan fingerprint density at radius 2 is 1.88 bits per heavy atom. The zero-order valence-corrected chi connectivity index (χ0v) is 14.9. The topological polar surface area (TPSA) is 43.1 Å². The lowest BCUT2D eigenvalue weighted by Gasteiger charge is -2.21. The zero-order valence-electron chi connectivity index (χ0n) is 14.9. The van der Waals surface area contributed by atoms with Gasteiger partial charge in [0.2, 0.25) is 0 Å². The van der Waals surface area contributed by atoms with Crippen molar-refractivity contribution in [2.75, 3.05) is 13.1 Å². The molecule has 26 heavy (non-hydrogen) atoms. The van der Waals surface area contributed by atoms with Crippen LogP contribution >= 0.6 is 0 Å². The molecule has 0 atom stereocenters. The van der Waals surface area contributed by atoms with Crippen LogP contribution in [0.25, 0.3) is 11.5 Å². The van der Waals surface area contributed by atoms with E-state index in [1.165, 1.54) is 12.1 Å². The van der Waals surface area contributed by atoms with E-state index in [2.05, 4.69) is 11.7 Å². The Balaban J connectivity index is 2.10. The fourth-order valence-electron chi connectivity index (χ4n) is 2.81. The van der Waals surface area contributed by atoms with Gasteiger partial charge in [-0.3, -0.25) is 4.79 Å². The first kappa shape index (κ1) is 17.7. The van der Waals surface area contributed by atoms with Crippen LogP contribution in [0.4, 0.5) is 4.39 Å². The minimum absolute atomic E-state index is 0.118. The van der Waals surface area contributed by atoms with Crippen LogP contribution in [0.1, 0.15) is 24.2 Å². The van der Waals surface area contributed by atoms with E-state index in [4.69, 9.17) is 0 Å². The molecule has 0 fully saturated rings. The molecule has 0 bridgehead atoms. The number of rotatable bonds is 6. The highest BCUT2D eigenvalue weighted by Crippen LogP contribution is 2.22. The first-order valence-corrected chi connectivity index (χ1v) is 8.42. The van der Waals surface area contributed by atoms with Crippen LogP contribution in [0.3, 0.4) is 0 Å². The maximum Gasteiger partial charge on any atom is 0.259 e. The van der Waals surface area contributed by atoms with Gasteiger partial charge in [0.15, 0.2) is 5.82 Å². The number of hydrogen-bond donors (Lipinski definition) is 0. The van der Waals surface area contributed by atoms with Crippen molar-refractivity contribution in [3.8, 4) is 11.5 Å². The summed E-state index contributed by atoms with van der Waals surface area (Å²) in [6, 6.07) is 9.77. The minimum atomic E-state index is -0.321. The normalized spacial score (nSPS) is 10.7. The Bertz CT molecular complexity index is 910. The number of hydrogen-bond acceptors (Lipinski definition) is 2. The molecule has 1 aromatic carbocycles. The Kier molecular flexibility index (Phi) is 5.02. The van der Waals surface area contributed by atoms with Gasteiger partial charge < -0.3 is 9.47 Å². The lowest BCUT2D eigenvalue weighted by atomic mass is 10.2. The molecular weight excluding hydrogens is 331 g/mol. The molecule has 6 heteroatoms. The van der Waals surface area contributed by atoms with Crippen molar-refractivity contribution in [2.24, 2.45) is 0 Å². The highest BCUT2D eigenvalue weighted by Gasteiger charge is 2.23. The van der Waals surface area contributed by atoms with Gasteiger partial charge in [-0.25, -0.2) is 9.07 Å². The molecule has 0 saturated carbocycles. The second-order valence-corrected chi connectivity index (χ2v) is 6.14. The van der Waals surface area contributed by atoms with Crippen molar-refractivity contribution in [3.63, 3.8) is 0 Å². The molecule has 0 aliphatic heterocycles. The summed E-state index contributed by atoms with van der Waals surface area (Å²) in [6.45, 7) is 8.78. The molecule has 0 aliphatic rings. The maximum absolute atomic E-state index is 13.3. The Hall–Kier alpha value is -3.15. The number of likely N-dealkylation sites (N-methyl/N-ethyl adjacent to an activating group) is 1. The van der Waals surface area contributed by atoms with Crippen LogP contribution in [0.5, 0.6) is 0 Å². The Labute approximate surface area is 152 Å². The van der Waals surface area contributed by atoms with Gasteiger partial charge in [0.05, 0.1) is 11.9 Å². The molecule has 0 unspecified atom stereocenters. The van der Waals surface area contributed by atoms with Crippen LogP contribution in [0.15, 0.2) is 67.1 Å². The third-order valence-corrected chi connectivity index (χ3v) is 4.02. The van der Waals surface area contributed by atoms with Gasteiger partial charge in [0.25, 0.3) is 5.91 Å². The van der Waals surface area contributed by atoms with E-state index >= 15 is 0 Å². The summed E-state index contributed by atoms with van der Waals surface area (Å²) in [7, 11) is 0. The van der Waals surface area contributed by atoms with Gasteiger partial charge in [-0.1, -0.05) is 12.2 Å². The summed E-state index contributed by atoms with van der Waals surface area (Å²) in [5.74, 6) is 0.178. The second-order valence-electron chi connectivity index (χ2n) is 6.14. The largest absolute Gasteiger partial charge is 0.335 e. The number of nitrogens with zero attached hydrogens (tertiary/aromatic N) is 4. The van der Waals surface area contributed by atoms with E-state index < -0.39 is 0 Å². The van der Waals surface area contributed by atoms with E-state index in [1.54, 1.807) is 27.9 Å². The van der Waals surface area contributed by atoms with E-state index in [9.17, 15) is 9.18 Å². The SMILES string of the molecule is C=C(C)CN(CC)C(=O)c1cnn(-c2ccc(F)cc2)c1-n1cccc1. The van der Waals surface area contributed by atoms with Crippen molar-refractivity contribution in [3.05, 3.63) is 78.5 Å². The smallest absolute Gasteiger partial charge is 0.259 e. The van der Waals surface area contributed by atoms with Crippen LogP contribution in [0, 0.1) is 5.82 Å². The van der Waals surface area contributed by atoms with Crippen LogP contribution in [-0.4, -0.2) is 38.2 Å². The molecule has 1 amide bonds. The summed E-state index contributed by atoms with van der Waals surface area (Å²) in [4.78, 5) is 14.8. The first-order chi connectivity index (χ1) is 12.5. The molecule has 0 saturated heterocycles. The van der Waals surface area contributed by atoms with Crippen molar-refractivity contribution >= 4 is 5.91 Å². The quantitative estimate of drug-likeness (QED) is 0.633. The summed E-state index contributed by atoms with van der Waals surface area (Å²) in [6.07, 6.45) is 5.26. The van der Waals surface area contributed by atoms with E-state index in [-0.39, 0.29) is 11.7 Å². The highest BCUT2D eigenvalue weighted by atomic mass is 19.1. The molecule has 0 N–H and O–H groups in total. The van der Waals surface area contributed by atoms with Gasteiger partial charge >= 0.3 is 0 Å². The number of carbonyl (C=O) groups excluding carboxylic acids is 1. The van der Waals surface area contributed by atoms with E-state index in [0.29, 0.717) is 30.2 Å². The van der Waals surface area contributed by atoms with Gasteiger partial charge in [-0.2, -0.15) is 5.10 Å². The fourth-order valence-corrected chi connectivity index (χ4v) is 2.81. The van der Waals surface area contributed by atoms with Gasteiger partial charge in [-0.15, -0.1) is 0 Å². The zero-order chi connectivity index (χ0) is 18.7. The molecule has 2 heterocycles. The molecular formula is C20H21FN4O. The molecule has 0 aliphatic carbocycles. The first-order valence-electron chi connectivity index (χ1n) is 8.42. The van der Waals surface area contributed by atoms with E-state index in [0.717, 1.165) is 5.57 Å². The molecule has 0 spiro atoms. The third-order valence-electron chi connectivity index (χ3n) is 4.02. The average Bonchev–Trinajstić information content (AvgIpc) is 3.28. The molecule has 2 aromatic heterocycles. The monoisotopic (exact) mass is 352 g/mol. The number of amides is 1. The Morgan fingerprint density at radius 3 is 2.46 bits per heavy atom. The predicted molar refractivity (Wildman–Crippen MR) is 99.2 cm³/mol. The molecule has 3 aromatic rings. The molecule has 3 rings (SSSR count). The summed E-state index contributed by atoms with van der Waals surface area (Å²) in [5.41, 5.74) is 2.07. The van der Waals surface area contributed by atoms with Crippen molar-refractivity contribution in [2.45, 2.75) is 13.8 Å². The second kappa shape index (κ2) is 7.39. The van der Waals surface area contributed by atoms with Gasteiger partial charge in [-0.05, 0) is 50.2 Å². The van der Waals surface area contributed by atoms with Crippen LogP contribution in [-0.2, 0) is 0 Å². The third kappa shape index (κ3) is 3.44. The lowest BCUT2D eigenvalue weighted by Crippen LogP contribution is -2.32. The summed E-state index contributed by atoms with van der Waals surface area (Å²) in [5, 5.41) is 4.39. The molecule has 5 nitrogen and oxygen atoms in total. The molecule has 0 radical (unpaired) electrons. The maximum atomic E-state index is 13.3. The van der Waals surface area contributed by atoms with Crippen molar-refractivity contribution < 1.29 is 9.18 Å². The fraction of sp³-hybridized carbons (Fsp3) is 0.200. The number of halogens is 1. The van der Waals surface area contributed by atoms with Crippen molar-refractivity contribution in [1.29, 1.82) is 0 Å². The predicted octanol–water partition coefficient (Wildman–Crippen LogP) is 3.84. The Morgan fingerprint density at radius 1 is 1.23 bits per heavy atom. The van der Waals surface area contributed by atoms with Gasteiger partial charge in [0.1, 0.15) is 11.4 Å². The van der Waals surface area contributed by atoms with Crippen molar-refractivity contribution in [1.82, 2.24) is 19.2 Å². The highest BCUT2D eigenvalue weighted by molar-refractivity contribution is 5.97. The summed E-state index contributed by atoms with van der Waals surface area (Å²) >= 11 is 0. The van der Waals surface area contributed by atoms with Crippen LogP contribution in [0.2, 0.25) is 0 Å². The molecule has 134 valence electrons. The lowest BCUT2D eigenvalue weighted by molar-refractivity contribution is 0.0778. The average molecular weight is 352 g/mol. The summed E-state index contributed by atoms with van der Waals surface area (Å²) < 4.78 is 16.8. The number of aromatic nitrogens is 3. The van der Waals surface area contributed by atoms with Gasteiger partial charge in [0, 0.05) is 25.5 Å². The standard InChI is InChI=1S/C20H21FN4O/c1-4-23(14-15(2)3)20(26)18-13-22-25(17-9-7-16(21)8-10-17)19(18)24-11-5-6-12-24/h5-13H,2,4,14H2,1,3H3. The van der Waals surface area contributed by atoms with E-state index in [1.807, 2.05) is 42.9 Å². The van der Waals surface area contributed by atoms with Crippen LogP contribution < -0.4 is 0 Å². The minimum Gasteiger partial charge on any atom is -0.335 e. The number of benzene rings is 1. The number of carbonyl (C=O) groups is 1.